The van der Waals surface area contributed by atoms with E-state index in [4.69, 9.17) is 13.9 Å². The van der Waals surface area contributed by atoms with Crippen molar-refractivity contribution in [2.75, 3.05) is 7.11 Å². The third-order valence-corrected chi connectivity index (χ3v) is 4.44. The van der Waals surface area contributed by atoms with E-state index in [1.54, 1.807) is 19.2 Å². The van der Waals surface area contributed by atoms with Crippen molar-refractivity contribution >= 4 is 22.4 Å². The fourth-order valence-electron chi connectivity index (χ4n) is 2.99. The first-order chi connectivity index (χ1) is 14.6. The third-order valence-electron chi connectivity index (χ3n) is 4.44. The van der Waals surface area contributed by atoms with Crippen molar-refractivity contribution in [2.45, 2.75) is 6.61 Å². The number of carbonyl (C=O) groups excluding carboxylic acids is 1. The second-order valence-corrected chi connectivity index (χ2v) is 6.24. The molecular weight excluding hydrogens is 390 g/mol. The molecule has 0 bridgehead atoms. The molecule has 30 heavy (non-hydrogen) atoms. The molecule has 1 aromatic heterocycles. The third kappa shape index (κ3) is 3.68. The summed E-state index contributed by atoms with van der Waals surface area (Å²) in [5.41, 5.74) is 0.868. The summed E-state index contributed by atoms with van der Waals surface area (Å²) < 4.78 is 16.2. The first-order valence-electron chi connectivity index (χ1n) is 8.87. The SMILES string of the molecule is COc1ccc(C(=O)OCc2nnc(-c3ccc([N+](=O)[O-])cc3)o2)c2ccccc12. The smallest absolute Gasteiger partial charge is 0.339 e. The highest BCUT2D eigenvalue weighted by molar-refractivity contribution is 6.06. The Morgan fingerprint density at radius 2 is 1.77 bits per heavy atom. The molecule has 0 radical (unpaired) electrons. The maximum Gasteiger partial charge on any atom is 0.339 e. The molecule has 9 heteroatoms. The first-order valence-corrected chi connectivity index (χ1v) is 8.87. The van der Waals surface area contributed by atoms with E-state index in [-0.39, 0.29) is 24.1 Å². The summed E-state index contributed by atoms with van der Waals surface area (Å²) in [6, 6.07) is 16.4. The molecular formula is C21H15N3O6. The molecule has 0 spiro atoms. The van der Waals surface area contributed by atoms with Crippen LogP contribution >= 0.6 is 0 Å². The summed E-state index contributed by atoms with van der Waals surface area (Å²) in [4.78, 5) is 22.8. The van der Waals surface area contributed by atoms with Crippen molar-refractivity contribution in [1.29, 1.82) is 0 Å². The Morgan fingerprint density at radius 3 is 2.47 bits per heavy atom. The number of nitrogens with zero attached hydrogens (tertiary/aromatic N) is 3. The highest BCUT2D eigenvalue weighted by Gasteiger charge is 2.16. The van der Waals surface area contributed by atoms with Crippen LogP contribution in [0, 0.1) is 10.1 Å². The number of rotatable bonds is 6. The molecule has 3 aromatic carbocycles. The van der Waals surface area contributed by atoms with Gasteiger partial charge in [-0.2, -0.15) is 0 Å². The predicted molar refractivity (Wildman–Crippen MR) is 106 cm³/mol. The highest BCUT2D eigenvalue weighted by atomic mass is 16.6. The molecule has 150 valence electrons. The summed E-state index contributed by atoms with van der Waals surface area (Å²) in [7, 11) is 1.57. The van der Waals surface area contributed by atoms with Crippen LogP contribution in [-0.4, -0.2) is 28.2 Å². The number of esters is 1. The number of nitro groups is 1. The molecule has 0 amide bonds. The van der Waals surface area contributed by atoms with Crippen LogP contribution in [-0.2, 0) is 11.3 Å². The largest absolute Gasteiger partial charge is 0.496 e. The molecule has 0 atom stereocenters. The molecule has 0 N–H and O–H groups in total. The fraction of sp³-hybridized carbons (Fsp3) is 0.0952. The lowest BCUT2D eigenvalue weighted by Crippen LogP contribution is -2.06. The Labute approximate surface area is 170 Å². The summed E-state index contributed by atoms with van der Waals surface area (Å²) >= 11 is 0. The molecule has 4 rings (SSSR count). The second kappa shape index (κ2) is 8.00. The average molecular weight is 405 g/mol. The minimum Gasteiger partial charge on any atom is -0.496 e. The predicted octanol–water partition coefficient (Wildman–Crippen LogP) is 4.16. The van der Waals surface area contributed by atoms with Crippen LogP contribution in [0.1, 0.15) is 16.2 Å². The minimum atomic E-state index is -0.538. The van der Waals surface area contributed by atoms with E-state index in [0.29, 0.717) is 22.3 Å². The number of aromatic nitrogens is 2. The van der Waals surface area contributed by atoms with E-state index < -0.39 is 10.9 Å². The zero-order valence-corrected chi connectivity index (χ0v) is 15.8. The Balaban J connectivity index is 1.49. The zero-order chi connectivity index (χ0) is 21.1. The van der Waals surface area contributed by atoms with Crippen LogP contribution in [0.5, 0.6) is 5.75 Å². The van der Waals surface area contributed by atoms with E-state index in [1.165, 1.54) is 24.3 Å². The summed E-state index contributed by atoms with van der Waals surface area (Å²) in [6.45, 7) is -0.209. The van der Waals surface area contributed by atoms with Crippen molar-refractivity contribution in [2.24, 2.45) is 0 Å². The van der Waals surface area contributed by atoms with Gasteiger partial charge in [0, 0.05) is 23.1 Å². The van der Waals surface area contributed by atoms with Gasteiger partial charge < -0.3 is 13.9 Å². The molecule has 0 aliphatic carbocycles. The average Bonchev–Trinajstić information content (AvgIpc) is 3.26. The molecule has 0 saturated heterocycles. The monoisotopic (exact) mass is 405 g/mol. The van der Waals surface area contributed by atoms with Crippen LogP contribution in [0.25, 0.3) is 22.2 Å². The van der Waals surface area contributed by atoms with Gasteiger partial charge in [0.2, 0.25) is 5.89 Å². The summed E-state index contributed by atoms with van der Waals surface area (Å²) in [5.74, 6) is 0.399. The number of hydrogen-bond donors (Lipinski definition) is 0. The summed E-state index contributed by atoms with van der Waals surface area (Å²) in [5, 5.41) is 20.0. The lowest BCUT2D eigenvalue weighted by molar-refractivity contribution is -0.384. The second-order valence-electron chi connectivity index (χ2n) is 6.24. The van der Waals surface area contributed by atoms with Crippen molar-refractivity contribution in [3.63, 3.8) is 0 Å². The normalized spacial score (nSPS) is 10.7. The van der Waals surface area contributed by atoms with Crippen LogP contribution in [0.2, 0.25) is 0 Å². The van der Waals surface area contributed by atoms with E-state index in [2.05, 4.69) is 10.2 Å². The molecule has 9 nitrogen and oxygen atoms in total. The Bertz CT molecular complexity index is 1230. The number of ether oxygens (including phenoxy) is 2. The molecule has 0 fully saturated rings. The summed E-state index contributed by atoms with van der Waals surface area (Å²) in [6.07, 6.45) is 0. The van der Waals surface area contributed by atoms with Crippen LogP contribution in [0.15, 0.2) is 65.1 Å². The number of non-ortho nitro benzene ring substituents is 1. The van der Waals surface area contributed by atoms with Gasteiger partial charge in [-0.15, -0.1) is 10.2 Å². The maximum atomic E-state index is 12.6. The molecule has 0 saturated carbocycles. The molecule has 0 unspecified atom stereocenters. The van der Waals surface area contributed by atoms with E-state index in [1.807, 2.05) is 24.3 Å². The number of fused-ring (bicyclic) bond motifs is 1. The van der Waals surface area contributed by atoms with Crippen molar-refractivity contribution in [3.05, 3.63) is 82.2 Å². The standard InChI is InChI=1S/C21H15N3O6/c1-28-18-11-10-17(15-4-2-3-5-16(15)18)21(25)29-12-19-22-23-20(30-19)13-6-8-14(9-7-13)24(26)27/h2-11H,12H2,1H3. The van der Waals surface area contributed by atoms with Gasteiger partial charge in [-0.05, 0) is 29.7 Å². The van der Waals surface area contributed by atoms with Crippen molar-refractivity contribution in [1.82, 2.24) is 10.2 Å². The van der Waals surface area contributed by atoms with Crippen molar-refractivity contribution in [3.8, 4) is 17.2 Å². The number of nitro benzene ring substituents is 1. The Morgan fingerprint density at radius 1 is 1.03 bits per heavy atom. The number of carbonyl (C=O) groups is 1. The lowest BCUT2D eigenvalue weighted by atomic mass is 10.0. The van der Waals surface area contributed by atoms with Gasteiger partial charge in [0.15, 0.2) is 6.61 Å². The molecule has 4 aromatic rings. The Hall–Kier alpha value is -4.27. The van der Waals surface area contributed by atoms with Gasteiger partial charge in [-0.3, -0.25) is 10.1 Å². The van der Waals surface area contributed by atoms with Gasteiger partial charge in [0.1, 0.15) is 5.75 Å². The van der Waals surface area contributed by atoms with Gasteiger partial charge >= 0.3 is 5.97 Å². The number of methoxy groups -OCH3 is 1. The topological polar surface area (TPSA) is 118 Å². The quantitative estimate of drug-likeness (QED) is 0.266. The first kappa shape index (κ1) is 19.1. The van der Waals surface area contributed by atoms with Crippen LogP contribution < -0.4 is 4.74 Å². The molecule has 1 heterocycles. The Kier molecular flexibility index (Phi) is 5.08. The molecule has 0 aliphatic heterocycles. The van der Waals surface area contributed by atoms with Crippen molar-refractivity contribution < 1.29 is 23.6 Å². The highest BCUT2D eigenvalue weighted by Crippen LogP contribution is 2.29. The minimum absolute atomic E-state index is 0.0425. The zero-order valence-electron chi connectivity index (χ0n) is 15.8. The van der Waals surface area contributed by atoms with Crippen LogP contribution in [0.3, 0.4) is 0 Å². The number of benzene rings is 3. The van der Waals surface area contributed by atoms with Gasteiger partial charge in [0.25, 0.3) is 11.6 Å². The van der Waals surface area contributed by atoms with E-state index in [9.17, 15) is 14.9 Å². The maximum absolute atomic E-state index is 12.6. The number of hydrogen-bond acceptors (Lipinski definition) is 8. The lowest BCUT2D eigenvalue weighted by Gasteiger charge is -2.09. The fourth-order valence-corrected chi connectivity index (χ4v) is 2.99. The van der Waals surface area contributed by atoms with Gasteiger partial charge in [-0.1, -0.05) is 24.3 Å². The molecule has 0 aliphatic rings. The van der Waals surface area contributed by atoms with E-state index >= 15 is 0 Å². The van der Waals surface area contributed by atoms with Gasteiger partial charge in [0.05, 0.1) is 17.6 Å². The van der Waals surface area contributed by atoms with Crippen LogP contribution in [0.4, 0.5) is 5.69 Å². The van der Waals surface area contributed by atoms with Gasteiger partial charge in [-0.25, -0.2) is 4.79 Å². The van der Waals surface area contributed by atoms with E-state index in [0.717, 1.165) is 5.39 Å².